The van der Waals surface area contributed by atoms with Crippen LogP contribution < -0.4 is 24.3 Å². The van der Waals surface area contributed by atoms with Gasteiger partial charge < -0.3 is 24.3 Å². The molecule has 0 atom stereocenters. The van der Waals surface area contributed by atoms with Gasteiger partial charge in [-0.1, -0.05) is 6.07 Å². The molecule has 2 aromatic heterocycles. The summed E-state index contributed by atoms with van der Waals surface area (Å²) in [5.41, 5.74) is 4.52. The van der Waals surface area contributed by atoms with Gasteiger partial charge in [0.2, 0.25) is 6.79 Å². The fourth-order valence-electron chi connectivity index (χ4n) is 3.67. The highest BCUT2D eigenvalue weighted by Gasteiger charge is 2.19. The lowest BCUT2D eigenvalue weighted by Crippen LogP contribution is -2.00. The third-order valence-corrected chi connectivity index (χ3v) is 5.13. The first-order valence-corrected chi connectivity index (χ1v) is 9.55. The quantitative estimate of drug-likeness (QED) is 0.516. The number of aryl methyl sites for hydroxylation is 1. The molecule has 30 heavy (non-hydrogen) atoms. The molecule has 0 saturated carbocycles. The molecule has 2 aromatic carbocycles. The van der Waals surface area contributed by atoms with Crippen molar-refractivity contribution in [3.8, 4) is 34.3 Å². The Kier molecular flexibility index (Phi) is 4.35. The lowest BCUT2D eigenvalue weighted by Gasteiger charge is -2.12. The number of methoxy groups -OCH3 is 2. The van der Waals surface area contributed by atoms with Crippen molar-refractivity contribution in [2.75, 3.05) is 26.3 Å². The van der Waals surface area contributed by atoms with Gasteiger partial charge >= 0.3 is 0 Å². The number of benzene rings is 2. The number of hydrogen-bond donors (Lipinski definition) is 1. The molecule has 7 nitrogen and oxygen atoms in total. The monoisotopic (exact) mass is 403 g/mol. The summed E-state index contributed by atoms with van der Waals surface area (Å²) in [5.74, 6) is 3.65. The first-order chi connectivity index (χ1) is 14.7. The zero-order chi connectivity index (χ0) is 20.7. The highest BCUT2D eigenvalue weighted by molar-refractivity contribution is 5.81. The number of nitrogens with zero attached hydrogens (tertiary/aromatic N) is 2. The first-order valence-electron chi connectivity index (χ1n) is 9.55. The minimum Gasteiger partial charge on any atom is -0.493 e. The average Bonchev–Trinajstić information content (AvgIpc) is 3.38. The van der Waals surface area contributed by atoms with Crippen LogP contribution in [0.1, 0.15) is 5.69 Å². The third-order valence-electron chi connectivity index (χ3n) is 5.13. The Morgan fingerprint density at radius 2 is 1.77 bits per heavy atom. The van der Waals surface area contributed by atoms with E-state index in [0.717, 1.165) is 45.6 Å². The summed E-state index contributed by atoms with van der Waals surface area (Å²) in [7, 11) is 3.25. The van der Waals surface area contributed by atoms with E-state index >= 15 is 0 Å². The second kappa shape index (κ2) is 7.18. The van der Waals surface area contributed by atoms with Crippen molar-refractivity contribution in [2.24, 2.45) is 0 Å². The first kappa shape index (κ1) is 18.2. The molecule has 0 aliphatic carbocycles. The lowest BCUT2D eigenvalue weighted by atomic mass is 10.1. The van der Waals surface area contributed by atoms with Gasteiger partial charge in [0.15, 0.2) is 23.0 Å². The predicted molar refractivity (Wildman–Crippen MR) is 114 cm³/mol. The Morgan fingerprint density at radius 3 is 2.60 bits per heavy atom. The number of imidazole rings is 1. The number of rotatable bonds is 5. The zero-order valence-electron chi connectivity index (χ0n) is 16.9. The minimum absolute atomic E-state index is 0.240. The standard InChI is InChI=1S/C23H21N3O4/c1-14-5-4-6-21-25-22(15-7-9-17(27-2)19(11-15)28-3)23(26(14)21)24-16-8-10-18-20(12-16)30-13-29-18/h4-12,24H,13H2,1-3H3. The SMILES string of the molecule is COc1ccc(-c2nc3cccc(C)n3c2Nc2ccc3c(c2)OCO3)cc1OC. The molecule has 0 radical (unpaired) electrons. The summed E-state index contributed by atoms with van der Waals surface area (Å²) in [5, 5.41) is 3.52. The van der Waals surface area contributed by atoms with E-state index in [4.69, 9.17) is 23.9 Å². The van der Waals surface area contributed by atoms with Crippen molar-refractivity contribution in [3.05, 3.63) is 60.3 Å². The van der Waals surface area contributed by atoms with Crippen LogP contribution in [0.4, 0.5) is 11.5 Å². The summed E-state index contributed by atoms with van der Waals surface area (Å²) >= 11 is 0. The van der Waals surface area contributed by atoms with Gasteiger partial charge in [0.25, 0.3) is 0 Å². The van der Waals surface area contributed by atoms with Crippen LogP contribution in [0.3, 0.4) is 0 Å². The molecule has 5 rings (SSSR count). The maximum Gasteiger partial charge on any atom is 0.231 e. The normalized spacial score (nSPS) is 12.2. The molecule has 0 bridgehead atoms. The number of anilines is 2. The summed E-state index contributed by atoms with van der Waals surface area (Å²) in [6.07, 6.45) is 0. The Bertz CT molecular complexity index is 1250. The Labute approximate surface area is 173 Å². The molecule has 3 heterocycles. The number of pyridine rings is 1. The highest BCUT2D eigenvalue weighted by atomic mass is 16.7. The molecule has 0 fully saturated rings. The molecule has 0 saturated heterocycles. The Balaban J connectivity index is 1.66. The Hall–Kier alpha value is -3.87. The van der Waals surface area contributed by atoms with Gasteiger partial charge in [-0.05, 0) is 49.4 Å². The van der Waals surface area contributed by atoms with E-state index in [0.29, 0.717) is 11.5 Å². The zero-order valence-corrected chi connectivity index (χ0v) is 16.9. The van der Waals surface area contributed by atoms with Crippen molar-refractivity contribution in [2.45, 2.75) is 6.92 Å². The van der Waals surface area contributed by atoms with E-state index in [9.17, 15) is 0 Å². The molecule has 4 aromatic rings. The fourth-order valence-corrected chi connectivity index (χ4v) is 3.67. The molecule has 1 N–H and O–H groups in total. The molecule has 0 spiro atoms. The van der Waals surface area contributed by atoms with Gasteiger partial charge in [-0.15, -0.1) is 0 Å². The number of ether oxygens (including phenoxy) is 4. The molecular weight excluding hydrogens is 382 g/mol. The average molecular weight is 403 g/mol. The van der Waals surface area contributed by atoms with E-state index < -0.39 is 0 Å². The molecule has 0 amide bonds. The molecule has 1 aliphatic rings. The van der Waals surface area contributed by atoms with Crippen molar-refractivity contribution in [1.82, 2.24) is 9.38 Å². The molecular formula is C23H21N3O4. The van der Waals surface area contributed by atoms with Crippen LogP contribution in [0.15, 0.2) is 54.6 Å². The van der Waals surface area contributed by atoms with Crippen LogP contribution in [-0.2, 0) is 0 Å². The topological polar surface area (TPSA) is 66.3 Å². The van der Waals surface area contributed by atoms with Crippen molar-refractivity contribution >= 4 is 17.2 Å². The van der Waals surface area contributed by atoms with E-state index in [-0.39, 0.29) is 6.79 Å². The minimum atomic E-state index is 0.240. The lowest BCUT2D eigenvalue weighted by molar-refractivity contribution is 0.174. The van der Waals surface area contributed by atoms with E-state index in [1.807, 2.05) is 48.5 Å². The van der Waals surface area contributed by atoms with Gasteiger partial charge in [-0.2, -0.15) is 0 Å². The molecule has 7 heteroatoms. The molecule has 1 aliphatic heterocycles. The number of fused-ring (bicyclic) bond motifs is 2. The van der Waals surface area contributed by atoms with E-state index in [1.165, 1.54) is 0 Å². The number of hydrogen-bond acceptors (Lipinski definition) is 6. The third kappa shape index (κ3) is 2.95. The van der Waals surface area contributed by atoms with Crippen LogP contribution in [0.5, 0.6) is 23.0 Å². The maximum atomic E-state index is 5.53. The second-order valence-electron chi connectivity index (χ2n) is 6.93. The maximum absolute atomic E-state index is 5.53. The summed E-state index contributed by atoms with van der Waals surface area (Å²) in [4.78, 5) is 4.89. The van der Waals surface area contributed by atoms with Gasteiger partial charge in [0.05, 0.1) is 14.2 Å². The van der Waals surface area contributed by atoms with Gasteiger partial charge in [-0.3, -0.25) is 4.40 Å². The summed E-state index contributed by atoms with van der Waals surface area (Å²) in [6, 6.07) is 17.6. The van der Waals surface area contributed by atoms with Crippen LogP contribution in [0.25, 0.3) is 16.9 Å². The van der Waals surface area contributed by atoms with E-state index in [1.54, 1.807) is 14.2 Å². The van der Waals surface area contributed by atoms with Crippen molar-refractivity contribution in [3.63, 3.8) is 0 Å². The van der Waals surface area contributed by atoms with Crippen molar-refractivity contribution in [1.29, 1.82) is 0 Å². The largest absolute Gasteiger partial charge is 0.493 e. The van der Waals surface area contributed by atoms with Crippen LogP contribution >= 0.6 is 0 Å². The smallest absolute Gasteiger partial charge is 0.231 e. The fraction of sp³-hybridized carbons (Fsp3) is 0.174. The second-order valence-corrected chi connectivity index (χ2v) is 6.93. The van der Waals surface area contributed by atoms with Gasteiger partial charge in [-0.25, -0.2) is 4.98 Å². The van der Waals surface area contributed by atoms with Crippen LogP contribution in [0, 0.1) is 6.92 Å². The summed E-state index contributed by atoms with van der Waals surface area (Å²) < 4.78 is 23.9. The molecule has 152 valence electrons. The van der Waals surface area contributed by atoms with E-state index in [2.05, 4.69) is 22.7 Å². The Morgan fingerprint density at radius 1 is 0.933 bits per heavy atom. The van der Waals surface area contributed by atoms with Gasteiger partial charge in [0, 0.05) is 23.0 Å². The summed E-state index contributed by atoms with van der Waals surface area (Å²) in [6.45, 7) is 2.29. The molecule has 0 unspecified atom stereocenters. The highest BCUT2D eigenvalue weighted by Crippen LogP contribution is 2.39. The van der Waals surface area contributed by atoms with Crippen molar-refractivity contribution < 1.29 is 18.9 Å². The number of aromatic nitrogens is 2. The van der Waals surface area contributed by atoms with Gasteiger partial charge in [0.1, 0.15) is 17.2 Å². The number of nitrogens with one attached hydrogen (secondary N) is 1. The van der Waals surface area contributed by atoms with Crippen LogP contribution in [-0.4, -0.2) is 30.4 Å². The van der Waals surface area contributed by atoms with Crippen LogP contribution in [0.2, 0.25) is 0 Å². The predicted octanol–water partition coefficient (Wildman–Crippen LogP) is 4.80.